The number of carbonyl (C=O) groups is 1. The minimum Gasteiger partial charge on any atom is -0.462 e. The van der Waals surface area contributed by atoms with E-state index in [-0.39, 0.29) is 5.97 Å². The zero-order valence-corrected chi connectivity index (χ0v) is 19.9. The molecule has 2 aromatic rings. The van der Waals surface area contributed by atoms with Crippen molar-refractivity contribution in [2.24, 2.45) is 4.99 Å². The van der Waals surface area contributed by atoms with Crippen molar-refractivity contribution in [3.8, 4) is 22.5 Å². The Bertz CT molecular complexity index is 1370. The van der Waals surface area contributed by atoms with Gasteiger partial charge in [0.25, 0.3) is 0 Å². The van der Waals surface area contributed by atoms with E-state index in [1.165, 1.54) is 0 Å². The second-order valence-corrected chi connectivity index (χ2v) is 8.05. The van der Waals surface area contributed by atoms with Crippen LogP contribution in [0.1, 0.15) is 42.3 Å². The molecular weight excluding hydrogens is 412 g/mol. The van der Waals surface area contributed by atoms with Gasteiger partial charge in [0, 0.05) is 47.4 Å². The lowest BCUT2D eigenvalue weighted by Crippen LogP contribution is -2.09. The van der Waals surface area contributed by atoms with E-state index in [0.717, 1.165) is 62.1 Å². The van der Waals surface area contributed by atoms with Crippen molar-refractivity contribution in [3.63, 3.8) is 0 Å². The van der Waals surface area contributed by atoms with Gasteiger partial charge in [-0.1, -0.05) is 18.2 Å². The van der Waals surface area contributed by atoms with Crippen LogP contribution in [0.4, 0.5) is 5.69 Å². The molecule has 2 aliphatic rings. The number of hydrogen-bond acceptors (Lipinski definition) is 5. The molecule has 0 spiro atoms. The lowest BCUT2D eigenvalue weighted by atomic mass is 9.87. The highest BCUT2D eigenvalue weighted by molar-refractivity contribution is 6.09. The van der Waals surface area contributed by atoms with Crippen LogP contribution < -0.4 is 10.7 Å². The molecule has 33 heavy (non-hydrogen) atoms. The van der Waals surface area contributed by atoms with Gasteiger partial charge in [-0.3, -0.25) is 4.99 Å². The molecule has 4 rings (SSSR count). The Kier molecular flexibility index (Phi) is 6.50. The number of aryl methyl sites for hydroxylation is 2. The van der Waals surface area contributed by atoms with Gasteiger partial charge in [-0.2, -0.15) is 0 Å². The molecule has 0 aromatic heterocycles. The fourth-order valence-corrected chi connectivity index (χ4v) is 4.47. The average molecular weight is 443 g/mol. The first kappa shape index (κ1) is 22.6. The quantitative estimate of drug-likeness (QED) is 0.279. The lowest BCUT2D eigenvalue weighted by Gasteiger charge is -2.21. The Labute approximate surface area is 194 Å². The van der Waals surface area contributed by atoms with E-state index in [9.17, 15) is 4.79 Å². The molecule has 1 heterocycles. The summed E-state index contributed by atoms with van der Waals surface area (Å²) in [6.45, 7) is 11.9. The maximum absolute atomic E-state index is 12.9. The highest BCUT2D eigenvalue weighted by Crippen LogP contribution is 2.44. The molecule has 1 N–H and O–H groups in total. The number of ether oxygens (including phenoxy) is 1. The Morgan fingerprint density at radius 3 is 2.52 bits per heavy atom. The van der Waals surface area contributed by atoms with Crippen LogP contribution in [0.5, 0.6) is 0 Å². The molecule has 0 saturated carbocycles. The SMILES string of the molecule is CCN=c1cc2oc3cc(NCC)cc(C)c3c(-c3ccccc3C(=O)OCC)c-2c(C)c1. The summed E-state index contributed by atoms with van der Waals surface area (Å²) in [6, 6.07) is 15.9. The number of nitrogens with zero attached hydrogens (tertiary/aromatic N) is 1. The van der Waals surface area contributed by atoms with Crippen molar-refractivity contribution in [1.82, 2.24) is 0 Å². The van der Waals surface area contributed by atoms with Crippen molar-refractivity contribution in [1.29, 1.82) is 0 Å². The first-order valence-electron chi connectivity index (χ1n) is 11.5. The third kappa shape index (κ3) is 4.23. The van der Waals surface area contributed by atoms with E-state index in [1.54, 1.807) is 0 Å². The predicted octanol–water partition coefficient (Wildman–Crippen LogP) is 6.35. The zero-order valence-electron chi connectivity index (χ0n) is 19.9. The van der Waals surface area contributed by atoms with Gasteiger partial charge in [0.2, 0.25) is 0 Å². The van der Waals surface area contributed by atoms with Gasteiger partial charge in [0.1, 0.15) is 11.3 Å². The van der Waals surface area contributed by atoms with Crippen LogP contribution in [0.25, 0.3) is 33.4 Å². The fraction of sp³-hybridized carbons (Fsp3) is 0.286. The smallest absolute Gasteiger partial charge is 0.338 e. The van der Waals surface area contributed by atoms with Crippen molar-refractivity contribution < 1.29 is 13.9 Å². The number of esters is 1. The van der Waals surface area contributed by atoms with E-state index >= 15 is 0 Å². The van der Waals surface area contributed by atoms with Gasteiger partial charge in [0.05, 0.1) is 17.5 Å². The normalized spacial score (nSPS) is 11.8. The predicted molar refractivity (Wildman–Crippen MR) is 134 cm³/mol. The third-order valence-electron chi connectivity index (χ3n) is 5.72. The van der Waals surface area contributed by atoms with E-state index in [1.807, 2.05) is 50.2 Å². The largest absolute Gasteiger partial charge is 0.462 e. The Hall–Kier alpha value is -3.60. The van der Waals surface area contributed by atoms with Crippen LogP contribution in [0.3, 0.4) is 0 Å². The first-order chi connectivity index (χ1) is 16.0. The molecule has 2 aromatic carbocycles. The molecule has 170 valence electrons. The fourth-order valence-electron chi connectivity index (χ4n) is 4.47. The molecule has 0 atom stereocenters. The minimum absolute atomic E-state index is 0.324. The summed E-state index contributed by atoms with van der Waals surface area (Å²) >= 11 is 0. The van der Waals surface area contributed by atoms with E-state index < -0.39 is 0 Å². The van der Waals surface area contributed by atoms with Gasteiger partial charge in [0.15, 0.2) is 0 Å². The summed E-state index contributed by atoms with van der Waals surface area (Å²) in [5, 5.41) is 5.26. The molecule has 0 saturated heterocycles. The molecule has 5 nitrogen and oxygen atoms in total. The van der Waals surface area contributed by atoms with Crippen LogP contribution in [0, 0.1) is 13.8 Å². The number of nitrogens with one attached hydrogen (secondary N) is 1. The summed E-state index contributed by atoms with van der Waals surface area (Å²) in [7, 11) is 0. The second kappa shape index (κ2) is 9.49. The van der Waals surface area contributed by atoms with Crippen molar-refractivity contribution >= 4 is 22.6 Å². The van der Waals surface area contributed by atoms with Gasteiger partial charge in [-0.15, -0.1) is 0 Å². The van der Waals surface area contributed by atoms with Crippen LogP contribution in [0.15, 0.2) is 57.9 Å². The highest BCUT2D eigenvalue weighted by atomic mass is 16.5. The van der Waals surface area contributed by atoms with E-state index in [2.05, 4.69) is 43.2 Å². The highest BCUT2D eigenvalue weighted by Gasteiger charge is 2.24. The Morgan fingerprint density at radius 1 is 1.00 bits per heavy atom. The number of benzene rings is 3. The number of carbonyl (C=O) groups excluding carboxylic acids is 1. The summed E-state index contributed by atoms with van der Waals surface area (Å²) in [5.74, 6) is 0.420. The second-order valence-electron chi connectivity index (χ2n) is 8.05. The molecule has 5 heteroatoms. The van der Waals surface area contributed by atoms with Crippen LogP contribution in [0.2, 0.25) is 0 Å². The number of fused-ring (bicyclic) bond motifs is 2. The molecule has 0 radical (unpaired) electrons. The molecule has 0 bridgehead atoms. The monoisotopic (exact) mass is 442 g/mol. The van der Waals surface area contributed by atoms with Crippen molar-refractivity contribution in [2.75, 3.05) is 25.0 Å². The summed E-state index contributed by atoms with van der Waals surface area (Å²) in [5.41, 5.74) is 7.24. The van der Waals surface area contributed by atoms with Crippen molar-refractivity contribution in [3.05, 3.63) is 70.6 Å². The van der Waals surface area contributed by atoms with Gasteiger partial charge >= 0.3 is 5.97 Å². The first-order valence-corrected chi connectivity index (χ1v) is 11.5. The van der Waals surface area contributed by atoms with E-state index in [4.69, 9.17) is 9.15 Å². The van der Waals surface area contributed by atoms with Gasteiger partial charge in [-0.25, -0.2) is 4.79 Å². The molecule has 0 amide bonds. The number of anilines is 1. The lowest BCUT2D eigenvalue weighted by molar-refractivity contribution is 0.0527. The summed E-state index contributed by atoms with van der Waals surface area (Å²) < 4.78 is 11.9. The zero-order chi connectivity index (χ0) is 23.5. The molecule has 0 fully saturated rings. The maximum Gasteiger partial charge on any atom is 0.338 e. The molecule has 1 aliphatic heterocycles. The molecule has 1 aliphatic carbocycles. The Balaban J connectivity index is 2.18. The van der Waals surface area contributed by atoms with Gasteiger partial charge in [-0.05, 0) is 69.5 Å². The minimum atomic E-state index is -0.327. The standard InChI is InChI=1S/C28H30N2O3/c1-6-29-19-13-17(4)25-23(15-19)33-24-16-20(30-7-2)14-18(5)26(24)27(25)21-11-9-10-12-22(21)28(31)32-8-3/h9-16,29H,6-8H2,1-5H3. The topological polar surface area (TPSA) is 63.8 Å². The molecule has 0 unspecified atom stereocenters. The van der Waals surface area contributed by atoms with Crippen LogP contribution in [-0.4, -0.2) is 25.7 Å². The summed E-state index contributed by atoms with van der Waals surface area (Å²) in [4.78, 5) is 17.5. The van der Waals surface area contributed by atoms with E-state index in [0.29, 0.717) is 18.7 Å². The maximum atomic E-state index is 12.9. The summed E-state index contributed by atoms with van der Waals surface area (Å²) in [6.07, 6.45) is 0. The number of hydrogen-bond donors (Lipinski definition) is 1. The Morgan fingerprint density at radius 2 is 1.79 bits per heavy atom. The average Bonchev–Trinajstić information content (AvgIpc) is 2.78. The van der Waals surface area contributed by atoms with Crippen LogP contribution >= 0.6 is 0 Å². The van der Waals surface area contributed by atoms with Gasteiger partial charge < -0.3 is 14.5 Å². The van der Waals surface area contributed by atoms with Crippen LogP contribution in [-0.2, 0) is 4.74 Å². The third-order valence-corrected chi connectivity index (χ3v) is 5.72. The van der Waals surface area contributed by atoms with Crippen molar-refractivity contribution in [2.45, 2.75) is 34.6 Å². The molecular formula is C28H30N2O3. The number of rotatable bonds is 6.